The Hall–Kier alpha value is -2.62. The van der Waals surface area contributed by atoms with Gasteiger partial charge in [0.2, 0.25) is 5.91 Å². The molecule has 0 heterocycles. The first-order valence-electron chi connectivity index (χ1n) is 6.33. The number of carbonyl (C=O) groups is 2. The molecular formula is C16H16N2O2. The van der Waals surface area contributed by atoms with Gasteiger partial charge in [-0.3, -0.25) is 15.0 Å². The number of rotatable bonds is 3. The van der Waals surface area contributed by atoms with Crippen LogP contribution in [0, 0.1) is 0 Å². The lowest BCUT2D eigenvalue weighted by atomic mass is 10.1. The molecule has 2 aromatic rings. The van der Waals surface area contributed by atoms with Gasteiger partial charge in [-0.25, -0.2) is 4.79 Å². The molecule has 0 atom stereocenters. The van der Waals surface area contributed by atoms with E-state index in [-0.39, 0.29) is 12.3 Å². The Morgan fingerprint density at radius 2 is 1.50 bits per heavy atom. The molecule has 1 N–H and O–H groups in total. The van der Waals surface area contributed by atoms with Crippen molar-refractivity contribution >= 4 is 17.6 Å². The van der Waals surface area contributed by atoms with E-state index in [0.29, 0.717) is 0 Å². The quantitative estimate of drug-likeness (QED) is 0.930. The lowest BCUT2D eigenvalue weighted by molar-refractivity contribution is -0.119. The van der Waals surface area contributed by atoms with Crippen molar-refractivity contribution in [1.82, 2.24) is 5.32 Å². The first kappa shape index (κ1) is 13.8. The molecule has 20 heavy (non-hydrogen) atoms. The van der Waals surface area contributed by atoms with Crippen molar-refractivity contribution in [3.63, 3.8) is 0 Å². The predicted molar refractivity (Wildman–Crippen MR) is 78.5 cm³/mol. The summed E-state index contributed by atoms with van der Waals surface area (Å²) in [6.07, 6.45) is 0.190. The monoisotopic (exact) mass is 268 g/mol. The fourth-order valence-corrected chi connectivity index (χ4v) is 1.80. The van der Waals surface area contributed by atoms with E-state index >= 15 is 0 Å². The zero-order valence-corrected chi connectivity index (χ0v) is 11.2. The van der Waals surface area contributed by atoms with Crippen LogP contribution in [0.5, 0.6) is 0 Å². The smallest absolute Gasteiger partial charge is 0.297 e. The van der Waals surface area contributed by atoms with Crippen molar-refractivity contribution < 1.29 is 9.59 Å². The van der Waals surface area contributed by atoms with Gasteiger partial charge in [0.25, 0.3) is 0 Å². The van der Waals surface area contributed by atoms with Gasteiger partial charge < -0.3 is 0 Å². The van der Waals surface area contributed by atoms with Crippen LogP contribution in [-0.2, 0) is 11.2 Å². The molecule has 0 saturated carbocycles. The molecular weight excluding hydrogens is 252 g/mol. The number of imide groups is 1. The van der Waals surface area contributed by atoms with Gasteiger partial charge in [0, 0.05) is 12.7 Å². The highest BCUT2D eigenvalue weighted by atomic mass is 16.2. The molecule has 102 valence electrons. The fraction of sp³-hybridized carbons (Fsp3) is 0.125. The molecule has 0 radical (unpaired) electrons. The van der Waals surface area contributed by atoms with E-state index in [1.54, 1.807) is 19.2 Å². The SMILES string of the molecule is CN(C(=O)NC(=O)Cc1ccccc1)c1ccccc1. The van der Waals surface area contributed by atoms with Crippen molar-refractivity contribution in [3.8, 4) is 0 Å². The lowest BCUT2D eigenvalue weighted by Crippen LogP contribution is -2.41. The molecule has 0 fully saturated rings. The Labute approximate surface area is 118 Å². The highest BCUT2D eigenvalue weighted by Gasteiger charge is 2.13. The van der Waals surface area contributed by atoms with Crippen LogP contribution in [0.15, 0.2) is 60.7 Å². The molecule has 0 bridgehead atoms. The highest BCUT2D eigenvalue weighted by Crippen LogP contribution is 2.10. The fourth-order valence-electron chi connectivity index (χ4n) is 1.80. The number of amides is 3. The molecule has 0 unspecified atom stereocenters. The minimum atomic E-state index is -0.433. The summed E-state index contributed by atoms with van der Waals surface area (Å²) in [5.74, 6) is -0.316. The summed E-state index contributed by atoms with van der Waals surface area (Å²) in [7, 11) is 1.63. The number of hydrogen-bond acceptors (Lipinski definition) is 2. The molecule has 3 amide bonds. The van der Waals surface area contributed by atoms with E-state index < -0.39 is 6.03 Å². The second-order valence-electron chi connectivity index (χ2n) is 4.41. The summed E-state index contributed by atoms with van der Waals surface area (Å²) in [6, 6.07) is 18.0. The van der Waals surface area contributed by atoms with Crippen molar-refractivity contribution in [3.05, 3.63) is 66.2 Å². The van der Waals surface area contributed by atoms with Crippen LogP contribution in [0.4, 0.5) is 10.5 Å². The number of urea groups is 1. The first-order valence-corrected chi connectivity index (χ1v) is 6.33. The Bertz CT molecular complexity index is 582. The number of nitrogens with one attached hydrogen (secondary N) is 1. The zero-order chi connectivity index (χ0) is 14.4. The van der Waals surface area contributed by atoms with E-state index in [0.717, 1.165) is 11.3 Å². The summed E-state index contributed by atoms with van der Waals surface area (Å²) in [4.78, 5) is 25.1. The Kier molecular flexibility index (Phi) is 4.50. The molecule has 4 nitrogen and oxygen atoms in total. The molecule has 4 heteroatoms. The van der Waals surface area contributed by atoms with Crippen molar-refractivity contribution in [2.75, 3.05) is 11.9 Å². The van der Waals surface area contributed by atoms with Crippen molar-refractivity contribution in [2.45, 2.75) is 6.42 Å². The Morgan fingerprint density at radius 1 is 0.950 bits per heavy atom. The third kappa shape index (κ3) is 3.68. The van der Waals surface area contributed by atoms with E-state index in [2.05, 4.69) is 5.32 Å². The maximum atomic E-state index is 11.9. The summed E-state index contributed by atoms with van der Waals surface area (Å²) >= 11 is 0. The standard InChI is InChI=1S/C16H16N2O2/c1-18(14-10-6-3-7-11-14)16(20)17-15(19)12-13-8-4-2-5-9-13/h2-11H,12H2,1H3,(H,17,19,20). The normalized spacial score (nSPS) is 9.85. The third-order valence-corrected chi connectivity index (χ3v) is 2.90. The van der Waals surface area contributed by atoms with E-state index in [9.17, 15) is 9.59 Å². The molecule has 0 spiro atoms. The summed E-state index contributed by atoms with van der Waals surface area (Å²) < 4.78 is 0. The number of para-hydroxylation sites is 1. The summed E-state index contributed by atoms with van der Waals surface area (Å²) in [5.41, 5.74) is 1.61. The van der Waals surface area contributed by atoms with Gasteiger partial charge in [0.15, 0.2) is 0 Å². The van der Waals surface area contributed by atoms with Crippen LogP contribution in [-0.4, -0.2) is 19.0 Å². The zero-order valence-electron chi connectivity index (χ0n) is 11.2. The minimum Gasteiger partial charge on any atom is -0.297 e. The van der Waals surface area contributed by atoms with Crippen molar-refractivity contribution in [1.29, 1.82) is 0 Å². The maximum Gasteiger partial charge on any atom is 0.328 e. The molecule has 2 aromatic carbocycles. The van der Waals surface area contributed by atoms with Crippen LogP contribution >= 0.6 is 0 Å². The van der Waals surface area contributed by atoms with Crippen LogP contribution < -0.4 is 10.2 Å². The van der Waals surface area contributed by atoms with Crippen LogP contribution in [0.25, 0.3) is 0 Å². The molecule has 2 rings (SSSR count). The van der Waals surface area contributed by atoms with Gasteiger partial charge in [-0.1, -0.05) is 48.5 Å². The number of nitrogens with zero attached hydrogens (tertiary/aromatic N) is 1. The molecule has 0 aliphatic rings. The predicted octanol–water partition coefficient (Wildman–Crippen LogP) is 2.60. The molecule has 0 aromatic heterocycles. The van der Waals surface area contributed by atoms with Crippen LogP contribution in [0.3, 0.4) is 0 Å². The Balaban J connectivity index is 1.93. The minimum absolute atomic E-state index is 0.190. The van der Waals surface area contributed by atoms with Gasteiger partial charge in [-0.05, 0) is 17.7 Å². The van der Waals surface area contributed by atoms with Crippen LogP contribution in [0.1, 0.15) is 5.56 Å². The second kappa shape index (κ2) is 6.52. The lowest BCUT2D eigenvalue weighted by Gasteiger charge is -2.17. The van der Waals surface area contributed by atoms with E-state index in [1.807, 2.05) is 48.5 Å². The number of benzene rings is 2. The molecule has 0 saturated heterocycles. The van der Waals surface area contributed by atoms with Gasteiger partial charge in [-0.2, -0.15) is 0 Å². The summed E-state index contributed by atoms with van der Waals surface area (Å²) in [5, 5.41) is 2.37. The number of carbonyl (C=O) groups excluding carboxylic acids is 2. The van der Waals surface area contributed by atoms with E-state index in [1.165, 1.54) is 4.90 Å². The van der Waals surface area contributed by atoms with Crippen molar-refractivity contribution in [2.24, 2.45) is 0 Å². The topological polar surface area (TPSA) is 49.4 Å². The largest absolute Gasteiger partial charge is 0.328 e. The molecule has 0 aliphatic carbocycles. The summed E-state index contributed by atoms with van der Waals surface area (Å²) in [6.45, 7) is 0. The van der Waals surface area contributed by atoms with Gasteiger partial charge in [0.05, 0.1) is 6.42 Å². The van der Waals surface area contributed by atoms with E-state index in [4.69, 9.17) is 0 Å². The van der Waals surface area contributed by atoms with Gasteiger partial charge in [0.1, 0.15) is 0 Å². The second-order valence-corrected chi connectivity index (χ2v) is 4.41. The number of anilines is 1. The average Bonchev–Trinajstić information content (AvgIpc) is 2.48. The van der Waals surface area contributed by atoms with Crippen LogP contribution in [0.2, 0.25) is 0 Å². The maximum absolute atomic E-state index is 11.9. The van der Waals surface area contributed by atoms with Gasteiger partial charge in [-0.15, -0.1) is 0 Å². The average molecular weight is 268 g/mol. The molecule has 0 aliphatic heterocycles. The highest BCUT2D eigenvalue weighted by molar-refractivity contribution is 6.02. The third-order valence-electron chi connectivity index (χ3n) is 2.90. The van der Waals surface area contributed by atoms with Gasteiger partial charge >= 0.3 is 6.03 Å². The number of hydrogen-bond donors (Lipinski definition) is 1. The Morgan fingerprint density at radius 3 is 2.10 bits per heavy atom. The first-order chi connectivity index (χ1) is 9.66.